The Morgan fingerprint density at radius 2 is 1.94 bits per heavy atom. The predicted molar refractivity (Wildman–Crippen MR) is 64.2 cm³/mol. The van der Waals surface area contributed by atoms with Crippen LogP contribution >= 0.6 is 0 Å². The molecule has 0 amide bonds. The molecule has 16 heavy (non-hydrogen) atoms. The zero-order chi connectivity index (χ0) is 11.0. The maximum absolute atomic E-state index is 9.06. The summed E-state index contributed by atoms with van der Waals surface area (Å²) in [5.41, 5.74) is 4.27. The van der Waals surface area contributed by atoms with E-state index in [1.165, 1.54) is 10.9 Å². The first kappa shape index (κ1) is 9.46. The number of nitrogens with zero attached hydrogens (tertiary/aromatic N) is 1. The van der Waals surface area contributed by atoms with E-state index in [0.29, 0.717) is 0 Å². The Morgan fingerprint density at radius 1 is 1.12 bits per heavy atom. The van der Waals surface area contributed by atoms with Gasteiger partial charge in [-0.25, -0.2) is 0 Å². The number of hydrogen-bond acceptors (Lipinski definition) is 2. The lowest BCUT2D eigenvalue weighted by Crippen LogP contribution is -2.01. The monoisotopic (exact) mass is 214 g/mol. The molecule has 0 radical (unpaired) electrons. The molecule has 0 aliphatic heterocycles. The number of benzene rings is 1. The van der Waals surface area contributed by atoms with Crippen molar-refractivity contribution in [3.63, 3.8) is 0 Å². The van der Waals surface area contributed by atoms with Gasteiger partial charge in [0.05, 0.1) is 5.69 Å². The van der Waals surface area contributed by atoms with Crippen molar-refractivity contribution in [2.75, 3.05) is 0 Å². The lowest BCUT2D eigenvalue weighted by atomic mass is 10.1. The molecule has 0 saturated carbocycles. The first-order chi connectivity index (χ1) is 7.90. The maximum Gasteiger partial charge on any atom is 0.103 e. The van der Waals surface area contributed by atoms with Crippen molar-refractivity contribution in [2.45, 2.75) is 25.7 Å². The number of hydrogen-bond donors (Lipinski definition) is 2. The summed E-state index contributed by atoms with van der Waals surface area (Å²) in [7, 11) is 0. The SMILES string of the molecule is O/N=C1/CCCCc2c1[nH]c1ccccc21. The van der Waals surface area contributed by atoms with Crippen LogP contribution in [0.1, 0.15) is 30.5 Å². The fourth-order valence-electron chi connectivity index (χ4n) is 2.53. The van der Waals surface area contributed by atoms with E-state index in [2.05, 4.69) is 28.3 Å². The van der Waals surface area contributed by atoms with Crippen molar-refractivity contribution in [1.29, 1.82) is 0 Å². The Kier molecular flexibility index (Phi) is 2.17. The lowest BCUT2D eigenvalue weighted by molar-refractivity contribution is 0.318. The standard InChI is InChI=1S/C13H14N2O/c16-15-12-8-4-2-6-10-9-5-1-3-7-11(9)14-13(10)12/h1,3,5,7,14,16H,2,4,6,8H2/b15-12-. The summed E-state index contributed by atoms with van der Waals surface area (Å²) in [6.45, 7) is 0. The number of fused-ring (bicyclic) bond motifs is 3. The molecule has 0 saturated heterocycles. The molecule has 1 aromatic carbocycles. The van der Waals surface area contributed by atoms with Crippen molar-refractivity contribution in [1.82, 2.24) is 4.98 Å². The number of aromatic nitrogens is 1. The Hall–Kier alpha value is -1.77. The minimum Gasteiger partial charge on any atom is -0.411 e. The van der Waals surface area contributed by atoms with Crippen molar-refractivity contribution >= 4 is 16.6 Å². The van der Waals surface area contributed by atoms with Crippen molar-refractivity contribution in [3.05, 3.63) is 35.5 Å². The quantitative estimate of drug-likeness (QED) is 0.395. The van der Waals surface area contributed by atoms with E-state index in [0.717, 1.165) is 42.6 Å². The van der Waals surface area contributed by atoms with E-state index >= 15 is 0 Å². The van der Waals surface area contributed by atoms with Gasteiger partial charge in [0, 0.05) is 10.9 Å². The second-order valence-corrected chi connectivity index (χ2v) is 4.28. The third-order valence-electron chi connectivity index (χ3n) is 3.31. The van der Waals surface area contributed by atoms with Crippen LogP contribution in [-0.4, -0.2) is 15.9 Å². The van der Waals surface area contributed by atoms with Crippen LogP contribution in [0.3, 0.4) is 0 Å². The number of para-hydroxylation sites is 1. The summed E-state index contributed by atoms with van der Waals surface area (Å²) in [6.07, 6.45) is 4.18. The van der Waals surface area contributed by atoms with Gasteiger partial charge in [0.15, 0.2) is 0 Å². The first-order valence-electron chi connectivity index (χ1n) is 5.71. The fraction of sp³-hybridized carbons (Fsp3) is 0.308. The Morgan fingerprint density at radius 3 is 2.81 bits per heavy atom. The second-order valence-electron chi connectivity index (χ2n) is 4.28. The van der Waals surface area contributed by atoms with E-state index in [1.54, 1.807) is 0 Å². The van der Waals surface area contributed by atoms with E-state index in [9.17, 15) is 0 Å². The lowest BCUT2D eigenvalue weighted by Gasteiger charge is -1.98. The molecule has 0 bridgehead atoms. The molecule has 0 spiro atoms. The predicted octanol–water partition coefficient (Wildman–Crippen LogP) is 3.07. The minimum atomic E-state index is 0.795. The van der Waals surface area contributed by atoms with Gasteiger partial charge < -0.3 is 10.2 Å². The summed E-state index contributed by atoms with van der Waals surface area (Å²) in [5.74, 6) is 0. The number of aromatic amines is 1. The highest BCUT2D eigenvalue weighted by Crippen LogP contribution is 2.28. The van der Waals surface area contributed by atoms with Gasteiger partial charge in [-0.2, -0.15) is 0 Å². The third kappa shape index (κ3) is 1.32. The van der Waals surface area contributed by atoms with Crippen LogP contribution in [0.25, 0.3) is 10.9 Å². The molecule has 1 aliphatic rings. The maximum atomic E-state index is 9.06. The van der Waals surface area contributed by atoms with Crippen molar-refractivity contribution in [2.24, 2.45) is 5.16 Å². The number of nitrogens with one attached hydrogen (secondary N) is 1. The molecule has 82 valence electrons. The smallest absolute Gasteiger partial charge is 0.103 e. The summed E-state index contributed by atoms with van der Waals surface area (Å²) in [5, 5.41) is 13.7. The molecular weight excluding hydrogens is 200 g/mol. The normalized spacial score (nSPS) is 18.6. The molecular formula is C13H14N2O. The Bertz CT molecular complexity index is 554. The Labute approximate surface area is 93.8 Å². The van der Waals surface area contributed by atoms with Crippen LogP contribution in [0.2, 0.25) is 0 Å². The van der Waals surface area contributed by atoms with Gasteiger partial charge in [0.25, 0.3) is 0 Å². The van der Waals surface area contributed by atoms with E-state index in [1.807, 2.05) is 6.07 Å². The summed E-state index contributed by atoms with van der Waals surface area (Å²) < 4.78 is 0. The molecule has 2 N–H and O–H groups in total. The molecule has 3 nitrogen and oxygen atoms in total. The highest BCUT2D eigenvalue weighted by Gasteiger charge is 2.18. The van der Waals surface area contributed by atoms with Crippen LogP contribution in [0.15, 0.2) is 29.4 Å². The first-order valence-corrected chi connectivity index (χ1v) is 5.71. The van der Waals surface area contributed by atoms with E-state index in [-0.39, 0.29) is 0 Å². The van der Waals surface area contributed by atoms with Crippen LogP contribution in [-0.2, 0) is 6.42 Å². The molecule has 0 fully saturated rings. The molecule has 3 rings (SSSR count). The number of rotatable bonds is 0. The molecule has 0 atom stereocenters. The highest BCUT2D eigenvalue weighted by atomic mass is 16.4. The van der Waals surface area contributed by atoms with Crippen LogP contribution in [0.5, 0.6) is 0 Å². The average Bonchev–Trinajstić information content (AvgIpc) is 2.56. The molecule has 1 heterocycles. The highest BCUT2D eigenvalue weighted by molar-refractivity contribution is 6.05. The molecule has 0 unspecified atom stereocenters. The van der Waals surface area contributed by atoms with Crippen molar-refractivity contribution in [3.8, 4) is 0 Å². The van der Waals surface area contributed by atoms with Gasteiger partial charge in [-0.05, 0) is 37.3 Å². The zero-order valence-electron chi connectivity index (χ0n) is 9.03. The molecule has 1 aromatic heterocycles. The van der Waals surface area contributed by atoms with Crippen LogP contribution in [0, 0.1) is 0 Å². The van der Waals surface area contributed by atoms with Gasteiger partial charge >= 0.3 is 0 Å². The number of aryl methyl sites for hydroxylation is 1. The third-order valence-corrected chi connectivity index (χ3v) is 3.31. The largest absolute Gasteiger partial charge is 0.411 e. The minimum absolute atomic E-state index is 0.795. The van der Waals surface area contributed by atoms with E-state index < -0.39 is 0 Å². The topological polar surface area (TPSA) is 48.4 Å². The number of oxime groups is 1. The van der Waals surface area contributed by atoms with E-state index in [4.69, 9.17) is 5.21 Å². The zero-order valence-corrected chi connectivity index (χ0v) is 9.03. The van der Waals surface area contributed by atoms with Crippen molar-refractivity contribution < 1.29 is 5.21 Å². The second kappa shape index (κ2) is 3.67. The number of H-pyrrole nitrogens is 1. The van der Waals surface area contributed by atoms with Gasteiger partial charge in [0.1, 0.15) is 5.71 Å². The molecule has 1 aliphatic carbocycles. The van der Waals surface area contributed by atoms with Gasteiger partial charge in [-0.15, -0.1) is 0 Å². The van der Waals surface area contributed by atoms with Gasteiger partial charge in [-0.3, -0.25) is 0 Å². The van der Waals surface area contributed by atoms with Crippen LogP contribution in [0.4, 0.5) is 0 Å². The summed E-state index contributed by atoms with van der Waals surface area (Å²) in [4.78, 5) is 3.37. The average molecular weight is 214 g/mol. The summed E-state index contributed by atoms with van der Waals surface area (Å²) >= 11 is 0. The molecule has 2 aromatic rings. The summed E-state index contributed by atoms with van der Waals surface area (Å²) in [6, 6.07) is 8.27. The molecule has 3 heteroatoms. The fourth-order valence-corrected chi connectivity index (χ4v) is 2.53. The van der Waals surface area contributed by atoms with Gasteiger partial charge in [0.2, 0.25) is 0 Å². The Balaban J connectivity index is 2.29. The van der Waals surface area contributed by atoms with Gasteiger partial charge in [-0.1, -0.05) is 23.4 Å². The van der Waals surface area contributed by atoms with Crippen LogP contribution < -0.4 is 0 Å².